The van der Waals surface area contributed by atoms with E-state index in [-0.39, 0.29) is 5.54 Å². The largest absolute Gasteiger partial charge is 0.296 e. The summed E-state index contributed by atoms with van der Waals surface area (Å²) < 4.78 is 0. The summed E-state index contributed by atoms with van der Waals surface area (Å²) >= 11 is 0. The number of likely N-dealkylation sites (tertiary alicyclic amines) is 1. The van der Waals surface area contributed by atoms with Crippen LogP contribution >= 0.6 is 0 Å². The van der Waals surface area contributed by atoms with Crippen LogP contribution < -0.4 is 0 Å². The molecule has 0 radical (unpaired) electrons. The Morgan fingerprint density at radius 2 is 2.13 bits per heavy atom. The lowest BCUT2D eigenvalue weighted by Crippen LogP contribution is -2.37. The summed E-state index contributed by atoms with van der Waals surface area (Å²) in [5.41, 5.74) is 1.65. The van der Waals surface area contributed by atoms with Crippen molar-refractivity contribution < 1.29 is 0 Å². The summed E-state index contributed by atoms with van der Waals surface area (Å²) in [6, 6.07) is 10.8. The zero-order valence-electron chi connectivity index (χ0n) is 9.45. The van der Waals surface area contributed by atoms with Gasteiger partial charge in [0, 0.05) is 5.54 Å². The Balaban J connectivity index is 2.38. The Hall–Kier alpha value is -1.08. The number of hydrogen-bond donors (Lipinski definition) is 0. The minimum absolute atomic E-state index is 0.211. The van der Waals surface area contributed by atoms with Gasteiger partial charge in [0.1, 0.15) is 0 Å². The summed E-state index contributed by atoms with van der Waals surface area (Å²) in [4.78, 5) is 2.48. The molecule has 1 fully saturated rings. The van der Waals surface area contributed by atoms with Gasteiger partial charge in [0.05, 0.1) is 0 Å². The van der Waals surface area contributed by atoms with Gasteiger partial charge in [-0.2, -0.15) is 0 Å². The van der Waals surface area contributed by atoms with E-state index < -0.39 is 0 Å². The highest BCUT2D eigenvalue weighted by atomic mass is 15.2. The predicted octanol–water partition coefficient (Wildman–Crippen LogP) is 3.18. The number of rotatable bonds is 3. The molecule has 2 rings (SSSR count). The van der Waals surface area contributed by atoms with Crippen LogP contribution in [0.4, 0.5) is 0 Å². The maximum Gasteiger partial charge on any atom is 0.0492 e. The highest BCUT2D eigenvalue weighted by molar-refractivity contribution is 5.26. The summed E-state index contributed by atoms with van der Waals surface area (Å²) in [7, 11) is 2.23. The molecule has 1 heteroatoms. The topological polar surface area (TPSA) is 3.24 Å². The van der Waals surface area contributed by atoms with Crippen molar-refractivity contribution in [1.82, 2.24) is 4.90 Å². The molecule has 1 saturated heterocycles. The van der Waals surface area contributed by atoms with Gasteiger partial charge in [0.25, 0.3) is 0 Å². The van der Waals surface area contributed by atoms with Crippen LogP contribution in [0.5, 0.6) is 0 Å². The van der Waals surface area contributed by atoms with Crippen molar-refractivity contribution >= 4 is 0 Å². The standard InChI is InChI=1S/C14H19N/c1-3-10-14(11-7-12-15(14)2)13-8-5-4-6-9-13/h3-6,8-9H,1,7,10-12H2,2H3. The highest BCUT2D eigenvalue weighted by Gasteiger charge is 2.38. The Kier molecular flexibility index (Phi) is 2.92. The molecule has 0 spiro atoms. The lowest BCUT2D eigenvalue weighted by Gasteiger charge is -2.36. The first-order valence-corrected chi connectivity index (χ1v) is 5.67. The van der Waals surface area contributed by atoms with Crippen molar-refractivity contribution in [3.63, 3.8) is 0 Å². The van der Waals surface area contributed by atoms with Gasteiger partial charge in [-0.05, 0) is 38.4 Å². The fraction of sp³-hybridized carbons (Fsp3) is 0.429. The molecule has 1 aliphatic rings. The first-order chi connectivity index (χ1) is 7.29. The molecular weight excluding hydrogens is 182 g/mol. The van der Waals surface area contributed by atoms with Crippen molar-refractivity contribution in [3.05, 3.63) is 48.6 Å². The third kappa shape index (κ3) is 1.72. The Morgan fingerprint density at radius 1 is 1.40 bits per heavy atom. The van der Waals surface area contributed by atoms with Gasteiger partial charge in [-0.25, -0.2) is 0 Å². The fourth-order valence-corrected chi connectivity index (χ4v) is 2.74. The van der Waals surface area contributed by atoms with Crippen molar-refractivity contribution in [3.8, 4) is 0 Å². The van der Waals surface area contributed by atoms with Gasteiger partial charge >= 0.3 is 0 Å². The van der Waals surface area contributed by atoms with Crippen LogP contribution in [0.15, 0.2) is 43.0 Å². The number of hydrogen-bond acceptors (Lipinski definition) is 1. The predicted molar refractivity (Wildman–Crippen MR) is 64.8 cm³/mol. The summed E-state index contributed by atoms with van der Waals surface area (Å²) in [6.45, 7) is 5.10. The van der Waals surface area contributed by atoms with Crippen LogP contribution in [0.1, 0.15) is 24.8 Å². The number of benzene rings is 1. The van der Waals surface area contributed by atoms with E-state index in [0.717, 1.165) is 6.42 Å². The first kappa shape index (κ1) is 10.4. The van der Waals surface area contributed by atoms with Crippen molar-refractivity contribution in [1.29, 1.82) is 0 Å². The van der Waals surface area contributed by atoms with E-state index >= 15 is 0 Å². The average molecular weight is 201 g/mol. The molecule has 0 N–H and O–H groups in total. The van der Waals surface area contributed by atoms with Crippen LogP contribution in [-0.2, 0) is 5.54 Å². The van der Waals surface area contributed by atoms with Crippen LogP contribution in [0, 0.1) is 0 Å². The van der Waals surface area contributed by atoms with E-state index in [0.29, 0.717) is 0 Å². The van der Waals surface area contributed by atoms with Gasteiger partial charge in [0.2, 0.25) is 0 Å². The number of nitrogens with zero attached hydrogens (tertiary/aromatic N) is 1. The van der Waals surface area contributed by atoms with Crippen molar-refractivity contribution in [2.45, 2.75) is 24.8 Å². The van der Waals surface area contributed by atoms with E-state index in [1.165, 1.54) is 24.9 Å². The molecule has 1 aromatic rings. The minimum Gasteiger partial charge on any atom is -0.296 e. The third-order valence-electron chi connectivity index (χ3n) is 3.61. The molecule has 1 aromatic carbocycles. The monoisotopic (exact) mass is 201 g/mol. The molecule has 0 amide bonds. The first-order valence-electron chi connectivity index (χ1n) is 5.67. The summed E-state index contributed by atoms with van der Waals surface area (Å²) in [6.07, 6.45) is 5.64. The van der Waals surface area contributed by atoms with Crippen LogP contribution in [-0.4, -0.2) is 18.5 Å². The van der Waals surface area contributed by atoms with E-state index in [2.05, 4.69) is 54.9 Å². The maximum atomic E-state index is 3.90. The lowest BCUT2D eigenvalue weighted by atomic mass is 9.84. The molecule has 1 unspecified atom stereocenters. The fourth-order valence-electron chi connectivity index (χ4n) is 2.74. The van der Waals surface area contributed by atoms with Crippen molar-refractivity contribution in [2.24, 2.45) is 0 Å². The van der Waals surface area contributed by atoms with E-state index in [4.69, 9.17) is 0 Å². The quantitative estimate of drug-likeness (QED) is 0.679. The molecule has 1 atom stereocenters. The molecule has 80 valence electrons. The molecular formula is C14H19N. The normalized spacial score (nSPS) is 26.7. The van der Waals surface area contributed by atoms with Crippen LogP contribution in [0.25, 0.3) is 0 Å². The molecule has 0 aliphatic carbocycles. The molecule has 0 aromatic heterocycles. The summed E-state index contributed by atoms with van der Waals surface area (Å²) in [5.74, 6) is 0. The SMILES string of the molecule is C=CCC1(c2ccccc2)CCCN1C. The molecule has 0 saturated carbocycles. The Bertz CT molecular complexity index is 330. The van der Waals surface area contributed by atoms with Gasteiger partial charge < -0.3 is 0 Å². The van der Waals surface area contributed by atoms with Gasteiger partial charge in [-0.15, -0.1) is 6.58 Å². The second-order valence-electron chi connectivity index (χ2n) is 4.42. The van der Waals surface area contributed by atoms with E-state index in [1.807, 2.05) is 0 Å². The second-order valence-corrected chi connectivity index (χ2v) is 4.42. The highest BCUT2D eigenvalue weighted by Crippen LogP contribution is 2.40. The van der Waals surface area contributed by atoms with Crippen molar-refractivity contribution in [2.75, 3.05) is 13.6 Å². The third-order valence-corrected chi connectivity index (χ3v) is 3.61. The molecule has 1 heterocycles. The lowest BCUT2D eigenvalue weighted by molar-refractivity contribution is 0.177. The zero-order valence-corrected chi connectivity index (χ0v) is 9.45. The van der Waals surface area contributed by atoms with Gasteiger partial charge in [0.15, 0.2) is 0 Å². The van der Waals surface area contributed by atoms with Gasteiger partial charge in [-0.1, -0.05) is 36.4 Å². The second kappa shape index (κ2) is 4.19. The van der Waals surface area contributed by atoms with Crippen LogP contribution in [0.3, 0.4) is 0 Å². The van der Waals surface area contributed by atoms with Crippen LogP contribution in [0.2, 0.25) is 0 Å². The smallest absolute Gasteiger partial charge is 0.0492 e. The Morgan fingerprint density at radius 3 is 2.67 bits per heavy atom. The minimum atomic E-state index is 0.211. The van der Waals surface area contributed by atoms with E-state index in [9.17, 15) is 0 Å². The maximum absolute atomic E-state index is 3.90. The summed E-state index contributed by atoms with van der Waals surface area (Å²) in [5, 5.41) is 0. The molecule has 15 heavy (non-hydrogen) atoms. The zero-order chi connectivity index (χ0) is 10.7. The average Bonchev–Trinajstić information content (AvgIpc) is 2.63. The van der Waals surface area contributed by atoms with E-state index in [1.54, 1.807) is 0 Å². The molecule has 0 bridgehead atoms. The molecule has 1 nitrogen and oxygen atoms in total. The van der Waals surface area contributed by atoms with Gasteiger partial charge in [-0.3, -0.25) is 4.90 Å². The molecule has 1 aliphatic heterocycles. The Labute approximate surface area is 92.4 Å².